The topological polar surface area (TPSA) is 47.3 Å². The first kappa shape index (κ1) is 12.0. The molecule has 0 aromatic rings. The molecular weight excluding hydrogens is 176 g/mol. The van der Waals surface area contributed by atoms with Crippen LogP contribution >= 0.6 is 0 Å². The minimum Gasteiger partial charge on any atom is -0.385 e. The number of hydrogen-bond acceptors (Lipinski definition) is 3. The highest BCUT2D eigenvalue weighted by Crippen LogP contribution is 2.48. The molecule has 0 bridgehead atoms. The summed E-state index contributed by atoms with van der Waals surface area (Å²) >= 11 is 0. The van der Waals surface area contributed by atoms with Crippen LogP contribution in [0, 0.1) is 5.41 Å². The largest absolute Gasteiger partial charge is 0.385 e. The molecule has 1 aliphatic carbocycles. The average Bonchev–Trinajstić information content (AvgIpc) is 2.95. The quantitative estimate of drug-likeness (QED) is 0.617. The summed E-state index contributed by atoms with van der Waals surface area (Å²) in [4.78, 5) is 0. The predicted molar refractivity (Wildman–Crippen MR) is 59.3 cm³/mol. The standard InChI is InChI=1S/C11H24N2O/c1-3-10(12)8-13-9-11(4-5-11)6-7-14-2/h10,13H,3-9,12H2,1-2H3. The molecule has 3 heteroatoms. The second-order valence-corrected chi connectivity index (χ2v) is 4.54. The van der Waals surface area contributed by atoms with Crippen molar-refractivity contribution in [3.05, 3.63) is 0 Å². The molecule has 0 aromatic carbocycles. The van der Waals surface area contributed by atoms with Gasteiger partial charge in [0.1, 0.15) is 0 Å². The zero-order valence-corrected chi connectivity index (χ0v) is 9.51. The first-order chi connectivity index (χ1) is 6.72. The SMILES string of the molecule is CCC(N)CNCC1(CCOC)CC1. The van der Waals surface area contributed by atoms with Gasteiger partial charge >= 0.3 is 0 Å². The summed E-state index contributed by atoms with van der Waals surface area (Å²) in [6, 6.07) is 0.313. The van der Waals surface area contributed by atoms with E-state index in [1.54, 1.807) is 7.11 Å². The Kier molecular flexibility index (Phi) is 4.85. The summed E-state index contributed by atoms with van der Waals surface area (Å²) < 4.78 is 5.11. The Balaban J connectivity index is 2.05. The number of nitrogens with two attached hydrogens (primary N) is 1. The van der Waals surface area contributed by atoms with Crippen molar-refractivity contribution in [3.63, 3.8) is 0 Å². The van der Waals surface area contributed by atoms with Gasteiger partial charge in [-0.05, 0) is 31.1 Å². The highest BCUT2D eigenvalue weighted by atomic mass is 16.5. The molecule has 1 saturated carbocycles. The fraction of sp³-hybridized carbons (Fsp3) is 1.00. The Hall–Kier alpha value is -0.120. The lowest BCUT2D eigenvalue weighted by Crippen LogP contribution is -2.36. The minimum atomic E-state index is 0.313. The van der Waals surface area contributed by atoms with E-state index in [9.17, 15) is 0 Å². The van der Waals surface area contributed by atoms with Crippen molar-refractivity contribution >= 4 is 0 Å². The zero-order valence-electron chi connectivity index (χ0n) is 9.51. The van der Waals surface area contributed by atoms with Gasteiger partial charge in [0.25, 0.3) is 0 Å². The van der Waals surface area contributed by atoms with Crippen molar-refractivity contribution in [1.82, 2.24) is 5.32 Å². The third-order valence-corrected chi connectivity index (χ3v) is 3.22. The van der Waals surface area contributed by atoms with Crippen molar-refractivity contribution in [1.29, 1.82) is 0 Å². The highest BCUT2D eigenvalue weighted by molar-refractivity contribution is 4.94. The third-order valence-electron chi connectivity index (χ3n) is 3.22. The van der Waals surface area contributed by atoms with Crippen LogP contribution in [0.3, 0.4) is 0 Å². The van der Waals surface area contributed by atoms with E-state index in [-0.39, 0.29) is 0 Å². The van der Waals surface area contributed by atoms with E-state index in [1.165, 1.54) is 19.3 Å². The number of ether oxygens (including phenoxy) is 1. The fourth-order valence-electron chi connectivity index (χ4n) is 1.68. The van der Waals surface area contributed by atoms with Gasteiger partial charge in [-0.1, -0.05) is 6.92 Å². The molecule has 1 unspecified atom stereocenters. The number of nitrogens with one attached hydrogen (secondary N) is 1. The summed E-state index contributed by atoms with van der Waals surface area (Å²) in [5, 5.41) is 3.47. The van der Waals surface area contributed by atoms with E-state index in [2.05, 4.69) is 12.2 Å². The zero-order chi connectivity index (χ0) is 10.4. The third kappa shape index (κ3) is 3.95. The van der Waals surface area contributed by atoms with Crippen molar-refractivity contribution in [2.45, 2.75) is 38.6 Å². The van der Waals surface area contributed by atoms with Crippen LogP contribution in [0.15, 0.2) is 0 Å². The van der Waals surface area contributed by atoms with Crippen LogP contribution in [0.4, 0.5) is 0 Å². The maximum Gasteiger partial charge on any atom is 0.0468 e. The molecule has 1 atom stereocenters. The molecule has 0 amide bonds. The van der Waals surface area contributed by atoms with Gasteiger partial charge in [-0.3, -0.25) is 0 Å². The summed E-state index contributed by atoms with van der Waals surface area (Å²) in [7, 11) is 1.77. The molecule has 0 saturated heterocycles. The number of rotatable bonds is 8. The Morgan fingerprint density at radius 3 is 2.71 bits per heavy atom. The number of hydrogen-bond donors (Lipinski definition) is 2. The molecule has 1 rings (SSSR count). The van der Waals surface area contributed by atoms with Crippen LogP contribution in [0.25, 0.3) is 0 Å². The van der Waals surface area contributed by atoms with Gasteiger partial charge in [0, 0.05) is 32.8 Å². The summed E-state index contributed by atoms with van der Waals surface area (Å²) in [6.07, 6.45) is 4.95. The Morgan fingerprint density at radius 1 is 1.50 bits per heavy atom. The fourth-order valence-corrected chi connectivity index (χ4v) is 1.68. The normalized spacial score (nSPS) is 20.8. The molecule has 14 heavy (non-hydrogen) atoms. The summed E-state index contributed by atoms with van der Waals surface area (Å²) in [5.74, 6) is 0. The van der Waals surface area contributed by atoms with Crippen LogP contribution in [0.5, 0.6) is 0 Å². The monoisotopic (exact) mass is 200 g/mol. The first-order valence-corrected chi connectivity index (χ1v) is 5.68. The lowest BCUT2D eigenvalue weighted by atomic mass is 10.0. The molecule has 1 fully saturated rings. The van der Waals surface area contributed by atoms with E-state index in [1.807, 2.05) is 0 Å². The van der Waals surface area contributed by atoms with Crippen LogP contribution in [0.1, 0.15) is 32.6 Å². The van der Waals surface area contributed by atoms with Crippen molar-refractivity contribution < 1.29 is 4.74 Å². The lowest BCUT2D eigenvalue weighted by Gasteiger charge is -2.17. The smallest absolute Gasteiger partial charge is 0.0468 e. The molecule has 3 N–H and O–H groups in total. The van der Waals surface area contributed by atoms with Crippen LogP contribution in [0.2, 0.25) is 0 Å². The Labute approximate surface area is 87.4 Å². The van der Waals surface area contributed by atoms with Crippen molar-refractivity contribution in [2.24, 2.45) is 11.1 Å². The molecule has 0 radical (unpaired) electrons. The van der Waals surface area contributed by atoms with Gasteiger partial charge in [-0.15, -0.1) is 0 Å². The molecule has 0 aromatic heterocycles. The Morgan fingerprint density at radius 2 is 2.21 bits per heavy atom. The van der Waals surface area contributed by atoms with Gasteiger partial charge in [-0.2, -0.15) is 0 Å². The summed E-state index contributed by atoms with van der Waals surface area (Å²) in [6.45, 7) is 5.08. The second kappa shape index (κ2) is 5.69. The van der Waals surface area contributed by atoms with Crippen LogP contribution in [-0.2, 0) is 4.74 Å². The van der Waals surface area contributed by atoms with E-state index in [0.717, 1.165) is 26.1 Å². The second-order valence-electron chi connectivity index (χ2n) is 4.54. The highest BCUT2D eigenvalue weighted by Gasteiger charge is 2.41. The van der Waals surface area contributed by atoms with E-state index in [4.69, 9.17) is 10.5 Å². The number of methoxy groups -OCH3 is 1. The van der Waals surface area contributed by atoms with E-state index < -0.39 is 0 Å². The lowest BCUT2D eigenvalue weighted by molar-refractivity contribution is 0.171. The van der Waals surface area contributed by atoms with Gasteiger partial charge in [0.05, 0.1) is 0 Å². The van der Waals surface area contributed by atoms with Gasteiger partial charge < -0.3 is 15.8 Å². The molecule has 0 aliphatic heterocycles. The minimum absolute atomic E-state index is 0.313. The summed E-state index contributed by atoms with van der Waals surface area (Å²) in [5.41, 5.74) is 6.38. The van der Waals surface area contributed by atoms with Gasteiger partial charge in [0.15, 0.2) is 0 Å². The maximum absolute atomic E-state index is 5.84. The van der Waals surface area contributed by atoms with Crippen LogP contribution < -0.4 is 11.1 Å². The molecule has 3 nitrogen and oxygen atoms in total. The molecule has 1 aliphatic rings. The van der Waals surface area contributed by atoms with Crippen LogP contribution in [-0.4, -0.2) is 32.8 Å². The van der Waals surface area contributed by atoms with E-state index >= 15 is 0 Å². The molecule has 0 spiro atoms. The van der Waals surface area contributed by atoms with Gasteiger partial charge in [-0.25, -0.2) is 0 Å². The van der Waals surface area contributed by atoms with E-state index in [0.29, 0.717) is 11.5 Å². The molecule has 84 valence electrons. The average molecular weight is 200 g/mol. The van der Waals surface area contributed by atoms with Crippen molar-refractivity contribution in [2.75, 3.05) is 26.8 Å². The van der Waals surface area contributed by atoms with Gasteiger partial charge in [0.2, 0.25) is 0 Å². The first-order valence-electron chi connectivity index (χ1n) is 5.68. The maximum atomic E-state index is 5.84. The van der Waals surface area contributed by atoms with Crippen molar-refractivity contribution in [3.8, 4) is 0 Å². The molecule has 0 heterocycles. The predicted octanol–water partition coefficient (Wildman–Crippen LogP) is 1.13. The Bertz CT molecular complexity index is 157. The molecular formula is C11H24N2O.